The van der Waals surface area contributed by atoms with Crippen molar-refractivity contribution >= 4 is 17.5 Å². The molecule has 0 radical (unpaired) electrons. The Morgan fingerprint density at radius 2 is 2.03 bits per heavy atom. The molecule has 0 unspecified atom stereocenters. The molecular formula is C24H26N4O3. The van der Waals surface area contributed by atoms with Crippen LogP contribution < -0.4 is 5.32 Å². The minimum Gasteiger partial charge on any atom is -0.339 e. The van der Waals surface area contributed by atoms with Crippen LogP contribution in [0.1, 0.15) is 53.9 Å². The van der Waals surface area contributed by atoms with Gasteiger partial charge in [0.25, 0.3) is 5.91 Å². The molecule has 1 fully saturated rings. The quantitative estimate of drug-likeness (QED) is 0.663. The molecule has 7 nitrogen and oxygen atoms in total. The van der Waals surface area contributed by atoms with Crippen LogP contribution in [0.15, 0.2) is 53.1 Å². The number of nitrogens with zero attached hydrogens (tertiary/aromatic N) is 3. The van der Waals surface area contributed by atoms with Crippen LogP contribution in [0.5, 0.6) is 0 Å². The second kappa shape index (κ2) is 9.12. The van der Waals surface area contributed by atoms with Crippen molar-refractivity contribution in [1.29, 1.82) is 0 Å². The molecular weight excluding hydrogens is 392 g/mol. The van der Waals surface area contributed by atoms with E-state index in [0.717, 1.165) is 30.5 Å². The second-order valence-electron chi connectivity index (χ2n) is 7.90. The van der Waals surface area contributed by atoms with Crippen LogP contribution in [0, 0.1) is 6.92 Å². The number of piperidine rings is 1. The molecule has 0 aliphatic carbocycles. The van der Waals surface area contributed by atoms with Gasteiger partial charge in [-0.15, -0.1) is 0 Å². The van der Waals surface area contributed by atoms with Crippen molar-refractivity contribution in [2.24, 2.45) is 0 Å². The highest BCUT2D eigenvalue weighted by Crippen LogP contribution is 2.29. The van der Waals surface area contributed by atoms with Gasteiger partial charge in [0, 0.05) is 36.3 Å². The zero-order chi connectivity index (χ0) is 21.8. The van der Waals surface area contributed by atoms with Gasteiger partial charge in [-0.25, -0.2) is 0 Å². The van der Waals surface area contributed by atoms with Crippen molar-refractivity contribution in [2.45, 2.75) is 39.0 Å². The fourth-order valence-electron chi connectivity index (χ4n) is 3.83. The minimum absolute atomic E-state index is 0.00624. The maximum Gasteiger partial charge on any atom is 0.253 e. The summed E-state index contributed by atoms with van der Waals surface area (Å²) < 4.78 is 5.57. The fourth-order valence-corrected chi connectivity index (χ4v) is 3.83. The van der Waals surface area contributed by atoms with Crippen molar-refractivity contribution in [3.05, 3.63) is 65.5 Å². The molecule has 1 saturated heterocycles. The number of benzene rings is 2. The van der Waals surface area contributed by atoms with E-state index >= 15 is 0 Å². The number of aryl methyl sites for hydroxylation is 1. The lowest BCUT2D eigenvalue weighted by molar-refractivity contribution is -0.115. The molecule has 0 saturated carbocycles. The zero-order valence-corrected chi connectivity index (χ0v) is 17.8. The minimum atomic E-state index is -0.0495. The topological polar surface area (TPSA) is 88.3 Å². The summed E-state index contributed by atoms with van der Waals surface area (Å²) in [4.78, 5) is 31.0. The Morgan fingerprint density at radius 1 is 1.19 bits per heavy atom. The monoisotopic (exact) mass is 418 g/mol. The van der Waals surface area contributed by atoms with E-state index < -0.39 is 0 Å². The first-order valence-electron chi connectivity index (χ1n) is 10.6. The Bertz CT molecular complexity index is 1090. The lowest BCUT2D eigenvalue weighted by Crippen LogP contribution is -2.39. The average molecular weight is 418 g/mol. The van der Waals surface area contributed by atoms with Gasteiger partial charge in [0.1, 0.15) is 0 Å². The highest BCUT2D eigenvalue weighted by molar-refractivity contribution is 5.94. The van der Waals surface area contributed by atoms with Gasteiger partial charge >= 0.3 is 0 Å². The van der Waals surface area contributed by atoms with E-state index in [4.69, 9.17) is 4.52 Å². The fraction of sp³-hybridized carbons (Fsp3) is 0.333. The molecule has 1 atom stereocenters. The van der Waals surface area contributed by atoms with Crippen LogP contribution in [0.2, 0.25) is 0 Å². The molecule has 1 N–H and O–H groups in total. The molecule has 1 aromatic heterocycles. The number of carbonyl (C=O) groups excluding carboxylic acids is 2. The maximum absolute atomic E-state index is 12.9. The number of hydrogen-bond acceptors (Lipinski definition) is 5. The molecule has 2 amide bonds. The van der Waals surface area contributed by atoms with Gasteiger partial charge < -0.3 is 14.7 Å². The Labute approximate surface area is 181 Å². The van der Waals surface area contributed by atoms with E-state index in [0.29, 0.717) is 35.9 Å². The average Bonchev–Trinajstić information content (AvgIpc) is 3.29. The highest BCUT2D eigenvalue weighted by Gasteiger charge is 2.29. The van der Waals surface area contributed by atoms with E-state index in [2.05, 4.69) is 15.5 Å². The second-order valence-corrected chi connectivity index (χ2v) is 7.90. The van der Waals surface area contributed by atoms with Gasteiger partial charge in [-0.05, 0) is 44.0 Å². The third-order valence-corrected chi connectivity index (χ3v) is 5.49. The number of carbonyl (C=O) groups is 2. The first-order valence-corrected chi connectivity index (χ1v) is 10.6. The molecule has 0 bridgehead atoms. The van der Waals surface area contributed by atoms with Gasteiger partial charge in [0.2, 0.25) is 17.6 Å². The normalized spacial score (nSPS) is 16.2. The summed E-state index contributed by atoms with van der Waals surface area (Å²) in [5.74, 6) is 1.01. The number of rotatable bonds is 5. The summed E-state index contributed by atoms with van der Waals surface area (Å²) in [7, 11) is 0. The Morgan fingerprint density at radius 3 is 2.84 bits per heavy atom. The largest absolute Gasteiger partial charge is 0.339 e. The Hall–Kier alpha value is -3.48. The lowest BCUT2D eigenvalue weighted by Gasteiger charge is -2.31. The van der Waals surface area contributed by atoms with E-state index in [1.54, 1.807) is 0 Å². The number of aromatic nitrogens is 2. The van der Waals surface area contributed by atoms with Crippen molar-refractivity contribution < 1.29 is 14.1 Å². The zero-order valence-electron chi connectivity index (χ0n) is 17.8. The van der Waals surface area contributed by atoms with Crippen molar-refractivity contribution in [3.8, 4) is 11.4 Å². The van der Waals surface area contributed by atoms with E-state index in [9.17, 15) is 9.59 Å². The first kappa shape index (κ1) is 20.8. The third-order valence-electron chi connectivity index (χ3n) is 5.49. The molecule has 160 valence electrons. The molecule has 0 spiro atoms. The molecule has 1 aliphatic rings. The smallest absolute Gasteiger partial charge is 0.253 e. The van der Waals surface area contributed by atoms with Gasteiger partial charge in [-0.3, -0.25) is 9.59 Å². The number of anilines is 1. The van der Waals surface area contributed by atoms with Crippen LogP contribution in [0.3, 0.4) is 0 Å². The van der Waals surface area contributed by atoms with E-state index in [1.807, 2.05) is 67.3 Å². The van der Waals surface area contributed by atoms with Crippen LogP contribution >= 0.6 is 0 Å². The summed E-state index contributed by atoms with van der Waals surface area (Å²) in [6.45, 7) is 5.07. The summed E-state index contributed by atoms with van der Waals surface area (Å²) in [5, 5.41) is 6.98. The molecule has 3 aromatic rings. The highest BCUT2D eigenvalue weighted by atomic mass is 16.5. The molecule has 2 heterocycles. The van der Waals surface area contributed by atoms with Crippen LogP contribution in [-0.4, -0.2) is 39.9 Å². The SMILES string of the molecule is CCC(=O)Nc1cccc(-c2noc([C@H]3CCCN(C(=O)c4cccc(C)c4)C3)n2)c1. The van der Waals surface area contributed by atoms with Gasteiger partial charge in [-0.1, -0.05) is 41.9 Å². The standard InChI is InChI=1S/C24H26N4O3/c1-3-21(29)25-20-11-5-8-17(14-20)22-26-23(31-27-22)19-10-6-12-28(15-19)24(30)18-9-4-7-16(2)13-18/h4-5,7-9,11,13-14,19H,3,6,10,12,15H2,1-2H3,(H,25,29)/t19-/m0/s1. The number of likely N-dealkylation sites (tertiary alicyclic amines) is 1. The lowest BCUT2D eigenvalue weighted by atomic mass is 9.97. The predicted octanol–water partition coefficient (Wildman–Crippen LogP) is 4.41. The molecule has 4 rings (SSSR count). The summed E-state index contributed by atoms with van der Waals surface area (Å²) in [5.41, 5.74) is 3.24. The maximum atomic E-state index is 12.9. The molecule has 2 aromatic carbocycles. The third kappa shape index (κ3) is 4.82. The predicted molar refractivity (Wildman–Crippen MR) is 118 cm³/mol. The summed E-state index contributed by atoms with van der Waals surface area (Å²) >= 11 is 0. The number of amides is 2. The number of hydrogen-bond donors (Lipinski definition) is 1. The van der Waals surface area contributed by atoms with E-state index in [-0.39, 0.29) is 17.7 Å². The molecule has 31 heavy (non-hydrogen) atoms. The summed E-state index contributed by atoms with van der Waals surface area (Å²) in [6, 6.07) is 15.0. The molecule has 1 aliphatic heterocycles. The van der Waals surface area contributed by atoms with Crippen LogP contribution in [0.25, 0.3) is 11.4 Å². The first-order chi connectivity index (χ1) is 15.0. The van der Waals surface area contributed by atoms with Crippen LogP contribution in [-0.2, 0) is 4.79 Å². The van der Waals surface area contributed by atoms with Crippen LogP contribution in [0.4, 0.5) is 5.69 Å². The Balaban J connectivity index is 1.48. The van der Waals surface area contributed by atoms with Crippen molar-refractivity contribution in [2.75, 3.05) is 18.4 Å². The van der Waals surface area contributed by atoms with Crippen molar-refractivity contribution in [1.82, 2.24) is 15.0 Å². The molecule has 7 heteroatoms. The van der Waals surface area contributed by atoms with Gasteiger partial charge in [0.05, 0.1) is 5.92 Å². The van der Waals surface area contributed by atoms with Gasteiger partial charge in [0.15, 0.2) is 0 Å². The number of nitrogens with one attached hydrogen (secondary N) is 1. The van der Waals surface area contributed by atoms with Gasteiger partial charge in [-0.2, -0.15) is 4.98 Å². The van der Waals surface area contributed by atoms with E-state index in [1.165, 1.54) is 0 Å². The Kier molecular flexibility index (Phi) is 6.11. The van der Waals surface area contributed by atoms with Crippen molar-refractivity contribution in [3.63, 3.8) is 0 Å². The summed E-state index contributed by atoms with van der Waals surface area (Å²) in [6.07, 6.45) is 2.19.